The molecule has 12 nitrogen and oxygen atoms in total. The molecular formula is C37H38N4O8PS+. The monoisotopic (exact) mass is 729 g/mol. The average Bonchev–Trinajstić information content (AvgIpc) is 3.48. The quantitative estimate of drug-likeness (QED) is 0.0599. The molecule has 0 bridgehead atoms. The van der Waals surface area contributed by atoms with Crippen molar-refractivity contribution in [2.24, 2.45) is 11.8 Å². The minimum atomic E-state index is -1.97. The number of para-hydroxylation sites is 2. The van der Waals surface area contributed by atoms with Crippen LogP contribution in [0.25, 0.3) is 21.8 Å². The highest BCUT2D eigenvalue weighted by atomic mass is 32.2. The van der Waals surface area contributed by atoms with Gasteiger partial charge in [-0.15, -0.1) is 0 Å². The van der Waals surface area contributed by atoms with Gasteiger partial charge < -0.3 is 20.3 Å². The Morgan fingerprint density at radius 3 is 2.33 bits per heavy atom. The van der Waals surface area contributed by atoms with E-state index in [2.05, 4.69) is 15.7 Å². The number of aromatic nitrogens is 2. The zero-order chi connectivity index (χ0) is 36.7. The molecule has 0 aliphatic carbocycles. The molecule has 0 spiro atoms. The van der Waals surface area contributed by atoms with Crippen LogP contribution in [0.5, 0.6) is 0 Å². The zero-order valence-corrected chi connectivity index (χ0v) is 30.0. The molecule has 14 heteroatoms. The number of carboxylic acids is 1. The maximum atomic E-state index is 13.8. The van der Waals surface area contributed by atoms with E-state index < -0.39 is 49.5 Å². The highest BCUT2D eigenvalue weighted by Crippen LogP contribution is 2.38. The molecular weight excluding hydrogens is 691 g/mol. The number of hydrogen-bond acceptors (Lipinski definition) is 9. The standard InChI is InChI=1S/C37H37N4O8PS/c1-22(2)18-28(37(47,50-48)21-51-32-17-16-23-8-4-6-10-29(23)38-32)34(43)39-30(35(44)45)19-26-20-41(31-11-7-5-9-27(26)31)40-33(42)24-12-14-25(15-13-24)36(46)49-3/h4-17,20,22,28,30,47H,18-19,21H2,1-3H3,(H,39,43)(H,40,42)(H,44,45)/p+1/t28?,30-,37?/m0/s1. The van der Waals surface area contributed by atoms with E-state index in [-0.39, 0.29) is 35.6 Å². The maximum absolute atomic E-state index is 13.8. The number of fused-ring (bicyclic) bond motifs is 2. The van der Waals surface area contributed by atoms with Gasteiger partial charge in [0, 0.05) is 29.0 Å². The number of aliphatic carboxylic acids is 1. The second-order valence-corrected chi connectivity index (χ2v) is 14.6. The Kier molecular flexibility index (Phi) is 11.9. The fraction of sp³-hybridized carbons (Fsp3) is 0.270. The molecule has 0 saturated carbocycles. The SMILES string of the molecule is COC(=O)c1ccc(C(=O)Nn2cc(C[C@H](NC(=O)C(CC(C)C)C(O)(CSc3ccc4ccccc4n3)[PH+]=O)C(=O)O)c3ccccc32)cc1. The van der Waals surface area contributed by atoms with E-state index in [9.17, 15) is 34.0 Å². The molecule has 5 rings (SSSR count). The number of nitrogens with one attached hydrogen (secondary N) is 2. The molecule has 2 amide bonds. The van der Waals surface area contributed by atoms with Gasteiger partial charge in [0.25, 0.3) is 11.2 Å². The number of aliphatic hydroxyl groups is 1. The molecule has 0 aliphatic rings. The van der Waals surface area contributed by atoms with Gasteiger partial charge >= 0.3 is 20.4 Å². The van der Waals surface area contributed by atoms with Crippen molar-refractivity contribution >= 4 is 65.8 Å². The van der Waals surface area contributed by atoms with Crippen LogP contribution in [0, 0.1) is 11.8 Å². The Morgan fingerprint density at radius 2 is 1.65 bits per heavy atom. The van der Waals surface area contributed by atoms with Crippen LogP contribution in [-0.2, 0) is 25.3 Å². The number of nitrogens with zero attached hydrogens (tertiary/aromatic N) is 2. The van der Waals surface area contributed by atoms with Crippen molar-refractivity contribution in [2.75, 3.05) is 18.3 Å². The maximum Gasteiger partial charge on any atom is 0.361 e. The summed E-state index contributed by atoms with van der Waals surface area (Å²) in [5.74, 6) is -4.44. The largest absolute Gasteiger partial charge is 0.480 e. The molecule has 3 aromatic carbocycles. The highest BCUT2D eigenvalue weighted by Gasteiger charge is 2.50. The van der Waals surface area contributed by atoms with E-state index in [1.807, 2.05) is 44.2 Å². The van der Waals surface area contributed by atoms with Crippen molar-refractivity contribution in [2.45, 2.75) is 43.1 Å². The smallest absolute Gasteiger partial charge is 0.361 e. The van der Waals surface area contributed by atoms with Crippen LogP contribution in [0.15, 0.2) is 96.2 Å². The third kappa shape index (κ3) is 8.80. The summed E-state index contributed by atoms with van der Waals surface area (Å²) in [4.78, 5) is 55.9. The Labute approximate surface area is 299 Å². The average molecular weight is 730 g/mol. The van der Waals surface area contributed by atoms with Crippen molar-refractivity contribution in [3.8, 4) is 0 Å². The fourth-order valence-electron chi connectivity index (χ4n) is 5.75. The number of esters is 1. The van der Waals surface area contributed by atoms with Crippen molar-refractivity contribution in [3.05, 3.63) is 108 Å². The topological polar surface area (TPSA) is 177 Å². The van der Waals surface area contributed by atoms with Crippen LogP contribution in [0.3, 0.4) is 0 Å². The number of rotatable bonds is 15. The number of pyridine rings is 1. The lowest BCUT2D eigenvalue weighted by Crippen LogP contribution is -2.51. The number of carbonyl (C=O) groups excluding carboxylic acids is 3. The fourth-order valence-corrected chi connectivity index (χ4v) is 7.49. The van der Waals surface area contributed by atoms with E-state index in [0.717, 1.165) is 10.9 Å². The lowest BCUT2D eigenvalue weighted by atomic mass is 9.90. The normalized spacial score (nSPS) is 13.8. The number of carboxylic acid groups (broad SMARTS) is 1. The molecule has 4 atom stereocenters. The van der Waals surface area contributed by atoms with Crippen molar-refractivity contribution in [3.63, 3.8) is 0 Å². The van der Waals surface area contributed by atoms with Gasteiger partial charge in [-0.05, 0) is 60.4 Å². The van der Waals surface area contributed by atoms with Crippen molar-refractivity contribution in [1.82, 2.24) is 15.0 Å². The van der Waals surface area contributed by atoms with Crippen LogP contribution in [-0.4, -0.2) is 67.9 Å². The van der Waals surface area contributed by atoms with E-state index in [1.54, 1.807) is 36.5 Å². The number of hydrogen-bond donors (Lipinski definition) is 4. The molecule has 4 N–H and O–H groups in total. The minimum absolute atomic E-state index is 0.0889. The third-order valence-electron chi connectivity index (χ3n) is 8.41. The zero-order valence-electron chi connectivity index (χ0n) is 28.2. The molecule has 0 aliphatic heterocycles. The molecule has 2 aromatic heterocycles. The number of amides is 2. The van der Waals surface area contributed by atoms with Crippen LogP contribution in [0.4, 0.5) is 0 Å². The predicted octanol–water partition coefficient (Wildman–Crippen LogP) is 5.64. The van der Waals surface area contributed by atoms with E-state index in [1.165, 1.54) is 47.8 Å². The second kappa shape index (κ2) is 16.3. The van der Waals surface area contributed by atoms with Gasteiger partial charge in [-0.2, -0.15) is 0 Å². The van der Waals surface area contributed by atoms with Crippen molar-refractivity contribution in [1.29, 1.82) is 0 Å². The molecule has 3 unspecified atom stereocenters. The second-order valence-electron chi connectivity index (χ2n) is 12.5. The Bertz CT molecular complexity index is 2090. The first kappa shape index (κ1) is 37.2. The molecule has 0 saturated heterocycles. The third-order valence-corrected chi connectivity index (χ3v) is 10.7. The van der Waals surface area contributed by atoms with Crippen molar-refractivity contribution < 1.29 is 38.7 Å². The van der Waals surface area contributed by atoms with Gasteiger partial charge in [0.2, 0.25) is 5.91 Å². The Balaban J connectivity index is 1.35. The summed E-state index contributed by atoms with van der Waals surface area (Å²) in [6.07, 6.45) is 1.59. The first-order valence-electron chi connectivity index (χ1n) is 16.1. The molecule has 5 aromatic rings. The van der Waals surface area contributed by atoms with Gasteiger partial charge in [0.1, 0.15) is 12.0 Å². The molecule has 0 radical (unpaired) electrons. The van der Waals surface area contributed by atoms with Gasteiger partial charge in [0.05, 0.1) is 34.5 Å². The Morgan fingerprint density at radius 1 is 0.961 bits per heavy atom. The molecule has 0 fully saturated rings. The number of carbonyl (C=O) groups is 4. The van der Waals surface area contributed by atoms with Gasteiger partial charge in [0.15, 0.2) is 0 Å². The number of methoxy groups -OCH3 is 1. The van der Waals surface area contributed by atoms with Crippen LogP contribution in [0.1, 0.15) is 46.5 Å². The number of ether oxygens (including phenoxy) is 1. The lowest BCUT2D eigenvalue weighted by Gasteiger charge is -2.27. The molecule has 2 heterocycles. The van der Waals surface area contributed by atoms with Gasteiger partial charge in [-0.3, -0.25) is 19.7 Å². The van der Waals surface area contributed by atoms with E-state index in [4.69, 9.17) is 4.74 Å². The van der Waals surface area contributed by atoms with Gasteiger partial charge in [-0.1, -0.05) is 72.6 Å². The van der Waals surface area contributed by atoms with Crippen LogP contribution >= 0.6 is 20.2 Å². The Hall–Kier alpha value is -5.10. The minimum Gasteiger partial charge on any atom is -0.480 e. The van der Waals surface area contributed by atoms with E-state index in [0.29, 0.717) is 21.5 Å². The molecule has 264 valence electrons. The summed E-state index contributed by atoms with van der Waals surface area (Å²) in [5, 5.41) is 24.7. The summed E-state index contributed by atoms with van der Waals surface area (Å²) in [6.45, 7) is 3.72. The molecule has 51 heavy (non-hydrogen) atoms. The summed E-state index contributed by atoms with van der Waals surface area (Å²) in [7, 11) is -0.00827. The van der Waals surface area contributed by atoms with Gasteiger partial charge in [-0.25, -0.2) is 14.6 Å². The lowest BCUT2D eigenvalue weighted by molar-refractivity contribution is -0.143. The van der Waals surface area contributed by atoms with Crippen LogP contribution < -0.4 is 10.7 Å². The predicted molar refractivity (Wildman–Crippen MR) is 196 cm³/mol. The number of thioether (sulfide) groups is 1. The van der Waals surface area contributed by atoms with E-state index >= 15 is 0 Å². The number of benzene rings is 3. The first-order valence-corrected chi connectivity index (χ1v) is 18.0. The highest BCUT2D eigenvalue weighted by molar-refractivity contribution is 7.99. The summed E-state index contributed by atoms with van der Waals surface area (Å²) < 4.78 is 18.8. The van der Waals surface area contributed by atoms with Crippen LogP contribution in [0.2, 0.25) is 0 Å². The summed E-state index contributed by atoms with van der Waals surface area (Å²) in [6, 6.07) is 22.8. The summed E-state index contributed by atoms with van der Waals surface area (Å²) in [5.41, 5.74) is 5.21. The first-order chi connectivity index (χ1) is 24.4. The summed E-state index contributed by atoms with van der Waals surface area (Å²) >= 11 is 1.17.